The molecule has 0 amide bonds. The van der Waals surface area contributed by atoms with Crippen LogP contribution in [0.4, 0.5) is 0 Å². The van der Waals surface area contributed by atoms with Crippen LogP contribution in [-0.4, -0.2) is 0 Å². The zero-order valence-corrected chi connectivity index (χ0v) is 33.0. The first-order chi connectivity index (χ1) is 18.8. The van der Waals surface area contributed by atoms with E-state index in [0.29, 0.717) is 5.92 Å². The van der Waals surface area contributed by atoms with Crippen molar-refractivity contribution in [2.75, 3.05) is 0 Å². The lowest BCUT2D eigenvalue weighted by Crippen LogP contribution is -2.33. The zero-order valence-electron chi connectivity index (χ0n) is 33.0. The highest BCUT2D eigenvalue weighted by molar-refractivity contribution is 5.60. The minimum absolute atomic E-state index is 0.00229. The van der Waals surface area contributed by atoms with Crippen LogP contribution in [0.3, 0.4) is 0 Å². The Kier molecular flexibility index (Phi) is 9.93. The fourth-order valence-electron chi connectivity index (χ4n) is 7.29. The molecule has 0 heterocycles. The Hall–Kier alpha value is -1.56. The standard InChI is InChI=1S/C43H72/c1-23-28(27-24-30(38(5,6)7)34(41(14,15)16)31(25-27)39(8,9)10)33-29(37(2,3)4)26-32(40(11,12)13)35(42(17,18)19)36(33)43(20,21)22/h24-26,28H,23H2,1-22H3. The molecule has 0 saturated heterocycles. The van der Waals surface area contributed by atoms with Crippen molar-refractivity contribution in [3.63, 3.8) is 0 Å². The molecule has 2 aromatic rings. The summed E-state index contributed by atoms with van der Waals surface area (Å²) in [5.41, 5.74) is 14.1. The van der Waals surface area contributed by atoms with Gasteiger partial charge in [0.2, 0.25) is 0 Å². The topological polar surface area (TPSA) is 0 Å². The summed E-state index contributed by atoms with van der Waals surface area (Å²) in [6.45, 7) is 53.2. The Morgan fingerprint density at radius 1 is 0.372 bits per heavy atom. The summed E-state index contributed by atoms with van der Waals surface area (Å²) in [7, 11) is 0. The van der Waals surface area contributed by atoms with E-state index in [-0.39, 0.29) is 37.9 Å². The summed E-state index contributed by atoms with van der Waals surface area (Å²) in [6.07, 6.45) is 1.08. The van der Waals surface area contributed by atoms with Crippen LogP contribution in [0.5, 0.6) is 0 Å². The van der Waals surface area contributed by atoms with Crippen molar-refractivity contribution in [2.45, 2.75) is 203 Å². The Labute approximate surface area is 270 Å². The summed E-state index contributed by atoms with van der Waals surface area (Å²) in [6, 6.07) is 7.88. The van der Waals surface area contributed by atoms with Gasteiger partial charge in [0.1, 0.15) is 0 Å². The average molecular weight is 589 g/mol. The van der Waals surface area contributed by atoms with Gasteiger partial charge in [0.05, 0.1) is 0 Å². The molecule has 1 atom stereocenters. The van der Waals surface area contributed by atoms with Crippen molar-refractivity contribution < 1.29 is 0 Å². The van der Waals surface area contributed by atoms with E-state index < -0.39 is 0 Å². The SMILES string of the molecule is CCC(c1cc(C(C)(C)C)c(C(C)(C)C)c(C(C)(C)C)c1)c1c(C(C)(C)C)cc(C(C)(C)C)c(C(C)(C)C)c1C(C)(C)C. The zero-order chi connectivity index (χ0) is 34.1. The third-order valence-electron chi connectivity index (χ3n) is 9.17. The number of hydrogen-bond acceptors (Lipinski definition) is 0. The maximum absolute atomic E-state index is 2.63. The summed E-state index contributed by atoms with van der Waals surface area (Å²) in [5.74, 6) is 0.315. The fourth-order valence-corrected chi connectivity index (χ4v) is 7.29. The van der Waals surface area contributed by atoms with Crippen LogP contribution >= 0.6 is 0 Å². The summed E-state index contributed by atoms with van der Waals surface area (Å²) in [4.78, 5) is 0. The fraction of sp³-hybridized carbons (Fsp3) is 0.721. The van der Waals surface area contributed by atoms with Crippen molar-refractivity contribution >= 4 is 0 Å². The second-order valence-corrected chi connectivity index (χ2v) is 20.8. The van der Waals surface area contributed by atoms with Gasteiger partial charge in [0.15, 0.2) is 0 Å². The lowest BCUT2D eigenvalue weighted by Gasteiger charge is -2.43. The Morgan fingerprint density at radius 2 is 0.674 bits per heavy atom. The molecule has 0 aliphatic rings. The molecule has 2 rings (SSSR count). The summed E-state index contributed by atoms with van der Waals surface area (Å²) >= 11 is 0. The molecule has 2 aromatic carbocycles. The van der Waals surface area contributed by atoms with Gasteiger partial charge in [-0.15, -0.1) is 0 Å². The molecule has 0 radical (unpaired) electrons. The molecule has 0 nitrogen and oxygen atoms in total. The molecule has 0 aromatic heterocycles. The van der Waals surface area contributed by atoms with E-state index in [2.05, 4.69) is 171 Å². The molecule has 0 spiro atoms. The van der Waals surface area contributed by atoms with Gasteiger partial charge >= 0.3 is 0 Å². The number of benzene rings is 2. The van der Waals surface area contributed by atoms with Gasteiger partial charge in [0, 0.05) is 5.92 Å². The van der Waals surface area contributed by atoms with E-state index in [1.54, 1.807) is 16.7 Å². The van der Waals surface area contributed by atoms with E-state index >= 15 is 0 Å². The van der Waals surface area contributed by atoms with Gasteiger partial charge < -0.3 is 0 Å². The highest BCUT2D eigenvalue weighted by atomic mass is 14.4. The second kappa shape index (κ2) is 11.4. The van der Waals surface area contributed by atoms with Gasteiger partial charge in [-0.05, 0) is 94.4 Å². The first-order valence-electron chi connectivity index (χ1n) is 17.2. The van der Waals surface area contributed by atoms with Crippen molar-refractivity contribution in [2.24, 2.45) is 0 Å². The Bertz CT molecular complexity index is 1260. The van der Waals surface area contributed by atoms with E-state index in [9.17, 15) is 0 Å². The van der Waals surface area contributed by atoms with E-state index in [0.717, 1.165) is 6.42 Å². The van der Waals surface area contributed by atoms with Gasteiger partial charge in [-0.25, -0.2) is 0 Å². The van der Waals surface area contributed by atoms with Crippen LogP contribution in [0.2, 0.25) is 0 Å². The van der Waals surface area contributed by atoms with Gasteiger partial charge in [-0.2, -0.15) is 0 Å². The molecule has 43 heavy (non-hydrogen) atoms. The predicted molar refractivity (Wildman–Crippen MR) is 196 cm³/mol. The van der Waals surface area contributed by atoms with Gasteiger partial charge in [-0.1, -0.05) is 171 Å². The first kappa shape index (κ1) is 37.6. The minimum atomic E-state index is -0.00229. The van der Waals surface area contributed by atoms with Crippen molar-refractivity contribution in [1.29, 1.82) is 0 Å². The first-order valence-corrected chi connectivity index (χ1v) is 17.2. The molecule has 1 unspecified atom stereocenters. The quantitative estimate of drug-likeness (QED) is 0.334. The largest absolute Gasteiger partial charge is 0.0645 e. The van der Waals surface area contributed by atoms with Gasteiger partial charge in [-0.3, -0.25) is 0 Å². The van der Waals surface area contributed by atoms with Crippen molar-refractivity contribution in [3.05, 3.63) is 68.3 Å². The summed E-state index contributed by atoms with van der Waals surface area (Å²) < 4.78 is 0. The van der Waals surface area contributed by atoms with Crippen LogP contribution < -0.4 is 0 Å². The Morgan fingerprint density at radius 3 is 0.930 bits per heavy atom. The molecule has 0 aliphatic heterocycles. The van der Waals surface area contributed by atoms with Crippen LogP contribution in [0, 0.1) is 0 Å². The highest BCUT2D eigenvalue weighted by Gasteiger charge is 2.40. The van der Waals surface area contributed by atoms with Crippen molar-refractivity contribution in [1.82, 2.24) is 0 Å². The third-order valence-corrected chi connectivity index (χ3v) is 9.17. The average Bonchev–Trinajstić information content (AvgIpc) is 2.73. The predicted octanol–water partition coefficient (Wildman–Crippen LogP) is 13.3. The molecule has 244 valence electrons. The number of hydrogen-bond donors (Lipinski definition) is 0. The molecular formula is C43H72. The maximum atomic E-state index is 2.63. The maximum Gasteiger partial charge on any atom is 0.00929 e. The monoisotopic (exact) mass is 589 g/mol. The molecule has 0 fully saturated rings. The minimum Gasteiger partial charge on any atom is -0.0645 e. The van der Waals surface area contributed by atoms with E-state index in [4.69, 9.17) is 0 Å². The van der Waals surface area contributed by atoms with Crippen LogP contribution in [0.1, 0.15) is 215 Å². The molecular weight excluding hydrogens is 516 g/mol. The van der Waals surface area contributed by atoms with Crippen LogP contribution in [-0.2, 0) is 37.9 Å². The smallest absolute Gasteiger partial charge is 0.00929 e. The highest BCUT2D eigenvalue weighted by Crippen LogP contribution is 2.51. The molecule has 0 bridgehead atoms. The van der Waals surface area contributed by atoms with E-state index in [1.165, 1.54) is 33.4 Å². The molecule has 0 N–H and O–H groups in total. The number of rotatable bonds is 3. The normalized spacial score (nSPS) is 15.2. The molecule has 0 heteroatoms. The Balaban J connectivity index is 3.41. The van der Waals surface area contributed by atoms with Crippen LogP contribution in [0.25, 0.3) is 0 Å². The molecule has 0 aliphatic carbocycles. The second-order valence-electron chi connectivity index (χ2n) is 20.8. The third kappa shape index (κ3) is 8.00. The summed E-state index contributed by atoms with van der Waals surface area (Å²) in [5, 5.41) is 0. The van der Waals surface area contributed by atoms with Gasteiger partial charge in [0.25, 0.3) is 0 Å². The molecule has 0 saturated carbocycles. The lowest BCUT2D eigenvalue weighted by molar-refractivity contribution is 0.478. The van der Waals surface area contributed by atoms with Crippen LogP contribution in [0.15, 0.2) is 18.2 Å². The lowest BCUT2D eigenvalue weighted by atomic mass is 9.61. The van der Waals surface area contributed by atoms with Crippen molar-refractivity contribution in [3.8, 4) is 0 Å². The van der Waals surface area contributed by atoms with E-state index in [1.807, 2.05) is 0 Å².